The van der Waals surface area contributed by atoms with Crippen LogP contribution >= 0.6 is 0 Å². The van der Waals surface area contributed by atoms with E-state index in [1.165, 1.54) is 6.08 Å². The first-order valence-electron chi connectivity index (χ1n) is 3.43. The molecule has 0 saturated carbocycles. The van der Waals surface area contributed by atoms with Crippen molar-refractivity contribution in [3.63, 3.8) is 0 Å². The van der Waals surface area contributed by atoms with E-state index in [1.807, 2.05) is 0 Å². The maximum atomic E-state index is 10.7. The van der Waals surface area contributed by atoms with Crippen molar-refractivity contribution in [2.75, 3.05) is 6.61 Å². The number of hydrogen-bond donors (Lipinski definition) is 0. The Bertz CT molecular complexity index is 173. The van der Waals surface area contributed by atoms with Gasteiger partial charge in [0.15, 0.2) is 0 Å². The summed E-state index contributed by atoms with van der Waals surface area (Å²) >= 11 is 0. The van der Waals surface area contributed by atoms with Gasteiger partial charge >= 0.3 is 5.97 Å². The highest BCUT2D eigenvalue weighted by molar-refractivity contribution is 5.70. The van der Waals surface area contributed by atoms with Crippen LogP contribution in [0.25, 0.3) is 0 Å². The summed E-state index contributed by atoms with van der Waals surface area (Å²) in [5.41, 5.74) is 0. The van der Waals surface area contributed by atoms with Crippen molar-refractivity contribution in [3.8, 4) is 0 Å². The van der Waals surface area contributed by atoms with Gasteiger partial charge in [0.05, 0.1) is 19.1 Å². The molecule has 4 nitrogen and oxygen atoms in total. The van der Waals surface area contributed by atoms with E-state index in [0.29, 0.717) is 6.61 Å². The molecule has 0 aliphatic rings. The number of carbonyl (C=O) groups is 1. The summed E-state index contributed by atoms with van der Waals surface area (Å²) in [6, 6.07) is -0.327. The molecule has 0 heterocycles. The standard InChI is InChI=1S/C7H11NO3/c1-3-11-7(10)4-6(2)8-5-9/h6H,3-4H2,1-2H3/t6-/m1/s1. The molecule has 0 spiro atoms. The molecule has 0 unspecified atom stereocenters. The summed E-state index contributed by atoms with van der Waals surface area (Å²) in [5.74, 6) is -0.334. The average molecular weight is 157 g/mol. The van der Waals surface area contributed by atoms with E-state index in [9.17, 15) is 9.59 Å². The molecule has 0 aliphatic carbocycles. The lowest BCUT2D eigenvalue weighted by atomic mass is 10.2. The van der Waals surface area contributed by atoms with E-state index in [0.717, 1.165) is 0 Å². The van der Waals surface area contributed by atoms with Gasteiger partial charge in [0.25, 0.3) is 0 Å². The number of aliphatic imine (C=N–C) groups is 1. The van der Waals surface area contributed by atoms with Crippen LogP contribution in [-0.2, 0) is 14.3 Å². The SMILES string of the molecule is CCOC(=O)C[C@@H](C)N=C=O. The Morgan fingerprint density at radius 3 is 2.82 bits per heavy atom. The third-order valence-corrected chi connectivity index (χ3v) is 1.04. The Labute approximate surface area is 65.3 Å². The third kappa shape index (κ3) is 5.30. The van der Waals surface area contributed by atoms with Gasteiger partial charge in [-0.2, -0.15) is 0 Å². The zero-order chi connectivity index (χ0) is 8.69. The monoisotopic (exact) mass is 157 g/mol. The van der Waals surface area contributed by atoms with Crippen LogP contribution in [0.4, 0.5) is 0 Å². The van der Waals surface area contributed by atoms with Crippen LogP contribution in [-0.4, -0.2) is 24.7 Å². The van der Waals surface area contributed by atoms with Gasteiger partial charge in [0.1, 0.15) is 0 Å². The van der Waals surface area contributed by atoms with Crippen LogP contribution in [0.3, 0.4) is 0 Å². The molecule has 0 N–H and O–H groups in total. The van der Waals surface area contributed by atoms with Crippen molar-refractivity contribution in [2.24, 2.45) is 4.99 Å². The summed E-state index contributed by atoms with van der Waals surface area (Å²) in [4.78, 5) is 23.8. The zero-order valence-electron chi connectivity index (χ0n) is 6.66. The zero-order valence-corrected chi connectivity index (χ0v) is 6.66. The van der Waals surface area contributed by atoms with Crippen molar-refractivity contribution in [1.29, 1.82) is 0 Å². The number of esters is 1. The third-order valence-electron chi connectivity index (χ3n) is 1.04. The van der Waals surface area contributed by atoms with Crippen molar-refractivity contribution in [2.45, 2.75) is 26.3 Å². The molecular formula is C7H11NO3. The van der Waals surface area contributed by atoms with Gasteiger partial charge in [-0.15, -0.1) is 0 Å². The minimum absolute atomic E-state index is 0.142. The van der Waals surface area contributed by atoms with Crippen molar-refractivity contribution >= 4 is 12.0 Å². The lowest BCUT2D eigenvalue weighted by Crippen LogP contribution is -2.11. The highest BCUT2D eigenvalue weighted by Gasteiger charge is 2.07. The van der Waals surface area contributed by atoms with Crippen molar-refractivity contribution in [1.82, 2.24) is 0 Å². The Hall–Kier alpha value is -1.15. The normalized spacial score (nSPS) is 11.5. The van der Waals surface area contributed by atoms with Crippen LogP contribution in [0.1, 0.15) is 20.3 Å². The molecule has 62 valence electrons. The van der Waals surface area contributed by atoms with E-state index >= 15 is 0 Å². The quantitative estimate of drug-likeness (QED) is 0.342. The fraction of sp³-hybridized carbons (Fsp3) is 0.714. The van der Waals surface area contributed by atoms with Gasteiger partial charge in [-0.3, -0.25) is 4.79 Å². The minimum Gasteiger partial charge on any atom is -0.466 e. The smallest absolute Gasteiger partial charge is 0.307 e. The molecule has 0 rings (SSSR count). The Morgan fingerprint density at radius 1 is 1.73 bits per heavy atom. The van der Waals surface area contributed by atoms with Crippen molar-refractivity contribution in [3.05, 3.63) is 0 Å². The van der Waals surface area contributed by atoms with Crippen LogP contribution < -0.4 is 0 Å². The lowest BCUT2D eigenvalue weighted by Gasteiger charge is -2.02. The van der Waals surface area contributed by atoms with E-state index in [1.54, 1.807) is 13.8 Å². The number of ether oxygens (including phenoxy) is 1. The molecule has 0 fully saturated rings. The van der Waals surface area contributed by atoms with Gasteiger partial charge < -0.3 is 4.74 Å². The lowest BCUT2D eigenvalue weighted by molar-refractivity contribution is -0.143. The molecule has 4 heteroatoms. The van der Waals surface area contributed by atoms with E-state index in [2.05, 4.69) is 9.73 Å². The highest BCUT2D eigenvalue weighted by atomic mass is 16.5. The number of rotatable bonds is 4. The second kappa shape index (κ2) is 5.62. The predicted octanol–water partition coefficient (Wildman–Crippen LogP) is 0.664. The molecule has 11 heavy (non-hydrogen) atoms. The first kappa shape index (κ1) is 9.85. The van der Waals surface area contributed by atoms with Gasteiger partial charge in [-0.1, -0.05) is 0 Å². The number of hydrogen-bond acceptors (Lipinski definition) is 4. The Balaban J connectivity index is 3.65. The molecular weight excluding hydrogens is 146 g/mol. The van der Waals surface area contributed by atoms with Crippen LogP contribution in [0.15, 0.2) is 4.99 Å². The van der Waals surface area contributed by atoms with Crippen LogP contribution in [0, 0.1) is 0 Å². The fourth-order valence-corrected chi connectivity index (χ4v) is 0.597. The summed E-state index contributed by atoms with van der Waals surface area (Å²) < 4.78 is 4.63. The number of carbonyl (C=O) groups excluding carboxylic acids is 2. The molecule has 1 atom stereocenters. The van der Waals surface area contributed by atoms with E-state index < -0.39 is 0 Å². The maximum Gasteiger partial charge on any atom is 0.307 e. The molecule has 0 aromatic heterocycles. The summed E-state index contributed by atoms with van der Waals surface area (Å²) in [5, 5.41) is 0. The van der Waals surface area contributed by atoms with Gasteiger partial charge in [-0.25, -0.2) is 9.79 Å². The maximum absolute atomic E-state index is 10.7. The van der Waals surface area contributed by atoms with E-state index in [-0.39, 0.29) is 18.4 Å². The van der Waals surface area contributed by atoms with Crippen LogP contribution in [0.2, 0.25) is 0 Å². The summed E-state index contributed by atoms with van der Waals surface area (Å²) in [6.07, 6.45) is 1.52. The molecule has 0 amide bonds. The molecule has 0 bridgehead atoms. The first-order chi connectivity index (χ1) is 5.20. The summed E-state index contributed by atoms with van der Waals surface area (Å²) in [7, 11) is 0. The Morgan fingerprint density at radius 2 is 2.36 bits per heavy atom. The van der Waals surface area contributed by atoms with Crippen molar-refractivity contribution < 1.29 is 14.3 Å². The second-order valence-electron chi connectivity index (χ2n) is 2.08. The first-order valence-corrected chi connectivity index (χ1v) is 3.43. The van der Waals surface area contributed by atoms with Gasteiger partial charge in [0, 0.05) is 0 Å². The molecule has 0 radical (unpaired) electrons. The second-order valence-corrected chi connectivity index (χ2v) is 2.08. The molecule has 0 aliphatic heterocycles. The highest BCUT2D eigenvalue weighted by Crippen LogP contribution is 1.97. The van der Waals surface area contributed by atoms with Gasteiger partial charge in [0.2, 0.25) is 6.08 Å². The fourth-order valence-electron chi connectivity index (χ4n) is 0.597. The topological polar surface area (TPSA) is 55.7 Å². The minimum atomic E-state index is -0.334. The van der Waals surface area contributed by atoms with Gasteiger partial charge in [-0.05, 0) is 13.8 Å². The number of nitrogens with zero attached hydrogens (tertiary/aromatic N) is 1. The number of isocyanates is 1. The summed E-state index contributed by atoms with van der Waals surface area (Å²) in [6.45, 7) is 3.74. The molecule has 0 aromatic rings. The molecule has 0 saturated heterocycles. The largest absolute Gasteiger partial charge is 0.466 e. The van der Waals surface area contributed by atoms with E-state index in [4.69, 9.17) is 0 Å². The molecule has 0 aromatic carbocycles. The average Bonchev–Trinajstić information content (AvgIpc) is 1.87. The van der Waals surface area contributed by atoms with Crippen LogP contribution in [0.5, 0.6) is 0 Å². The Kier molecular flexibility index (Phi) is 5.03. The predicted molar refractivity (Wildman–Crippen MR) is 38.8 cm³/mol.